The fourth-order valence-corrected chi connectivity index (χ4v) is 5.06. The van der Waals surface area contributed by atoms with Gasteiger partial charge in [-0.25, -0.2) is 0 Å². The van der Waals surface area contributed by atoms with Gasteiger partial charge in [0.25, 0.3) is 5.91 Å². The van der Waals surface area contributed by atoms with Crippen LogP contribution in [0.3, 0.4) is 0 Å². The number of carbonyl (C=O) groups is 2. The number of guanidine groups is 1. The summed E-state index contributed by atoms with van der Waals surface area (Å²) in [5.41, 5.74) is 7.41. The number of rotatable bonds is 11. The number of hydrogen-bond donors (Lipinski definition) is 4. The molecule has 0 saturated carbocycles. The van der Waals surface area contributed by atoms with Crippen molar-refractivity contribution in [3.8, 4) is 0 Å². The molecular formula is C31H40N6O3. The van der Waals surface area contributed by atoms with Crippen LogP contribution in [0.4, 0.5) is 0 Å². The first kappa shape index (κ1) is 29.0. The van der Waals surface area contributed by atoms with Crippen LogP contribution in [0.25, 0.3) is 10.8 Å². The Morgan fingerprint density at radius 2 is 1.85 bits per heavy atom. The van der Waals surface area contributed by atoms with E-state index < -0.39 is 0 Å². The van der Waals surface area contributed by atoms with E-state index in [0.717, 1.165) is 22.8 Å². The maximum atomic E-state index is 13.7. The highest BCUT2D eigenvalue weighted by Gasteiger charge is 2.32. The van der Waals surface area contributed by atoms with E-state index in [1.165, 1.54) is 0 Å². The largest absolute Gasteiger partial charge is 0.375 e. The first-order valence-corrected chi connectivity index (χ1v) is 13.8. The Kier molecular flexibility index (Phi) is 10.5. The maximum Gasteiger partial charge on any atom is 0.251 e. The lowest BCUT2D eigenvalue weighted by atomic mass is 10.1. The van der Waals surface area contributed by atoms with Crippen molar-refractivity contribution in [3.05, 3.63) is 83.9 Å². The number of nitrogens with zero attached hydrogens (tertiary/aromatic N) is 2. The normalized spacial score (nSPS) is 18.8. The van der Waals surface area contributed by atoms with Crippen molar-refractivity contribution in [2.45, 2.75) is 37.5 Å². The molecule has 40 heavy (non-hydrogen) atoms. The number of carbonyl (C=O) groups excluding carboxylic acids is 2. The Hall–Kier alpha value is -3.95. The number of nitrogens with two attached hydrogens (primary N) is 1. The monoisotopic (exact) mass is 544 g/mol. The number of fused-ring (bicyclic) bond motifs is 1. The molecule has 2 amide bonds. The molecule has 4 rings (SSSR count). The lowest BCUT2D eigenvalue weighted by molar-refractivity contribution is -0.134. The summed E-state index contributed by atoms with van der Waals surface area (Å²) in [5, 5.41) is 11.8. The van der Waals surface area contributed by atoms with E-state index in [2.05, 4.69) is 20.9 Å². The third-order valence-corrected chi connectivity index (χ3v) is 7.37. The Morgan fingerprint density at radius 1 is 1.10 bits per heavy atom. The summed E-state index contributed by atoms with van der Waals surface area (Å²) in [6.45, 7) is 2.06. The van der Waals surface area contributed by atoms with Crippen LogP contribution in [0.5, 0.6) is 0 Å². The quantitative estimate of drug-likeness (QED) is 0.167. The van der Waals surface area contributed by atoms with Gasteiger partial charge in [-0.3, -0.25) is 14.6 Å². The van der Waals surface area contributed by atoms with Gasteiger partial charge in [-0.05, 0) is 47.7 Å². The highest BCUT2D eigenvalue weighted by molar-refractivity contribution is 5.98. The molecule has 3 aromatic rings. The number of nitrogens with one attached hydrogen (secondary N) is 3. The molecule has 0 radical (unpaired) electrons. The summed E-state index contributed by atoms with van der Waals surface area (Å²) in [5.74, 6) is 0.291. The predicted molar refractivity (Wildman–Crippen MR) is 159 cm³/mol. The van der Waals surface area contributed by atoms with Crippen LogP contribution in [-0.2, 0) is 9.53 Å². The molecule has 5 N–H and O–H groups in total. The summed E-state index contributed by atoms with van der Waals surface area (Å²) >= 11 is 0. The van der Waals surface area contributed by atoms with Crippen LogP contribution in [-0.4, -0.2) is 75.1 Å². The average Bonchev–Trinajstić information content (AvgIpc) is 3.14. The van der Waals surface area contributed by atoms with Gasteiger partial charge in [0.05, 0.1) is 18.7 Å². The van der Waals surface area contributed by atoms with Crippen LogP contribution >= 0.6 is 0 Å². The molecule has 0 bridgehead atoms. The van der Waals surface area contributed by atoms with Gasteiger partial charge in [0.1, 0.15) is 0 Å². The predicted octanol–water partition coefficient (Wildman–Crippen LogP) is 2.83. The third-order valence-electron chi connectivity index (χ3n) is 7.37. The molecule has 0 aromatic heterocycles. The van der Waals surface area contributed by atoms with Crippen LogP contribution in [0.15, 0.2) is 77.8 Å². The van der Waals surface area contributed by atoms with Crippen molar-refractivity contribution in [1.82, 2.24) is 20.9 Å². The molecule has 212 valence electrons. The molecule has 1 fully saturated rings. The highest BCUT2D eigenvalue weighted by atomic mass is 16.5. The van der Waals surface area contributed by atoms with E-state index >= 15 is 0 Å². The van der Waals surface area contributed by atoms with E-state index in [4.69, 9.17) is 10.5 Å². The van der Waals surface area contributed by atoms with Crippen molar-refractivity contribution in [2.75, 3.05) is 40.3 Å². The number of aliphatic imine (C=N–C) groups is 1. The molecule has 9 nitrogen and oxygen atoms in total. The van der Waals surface area contributed by atoms with Gasteiger partial charge in [-0.1, -0.05) is 60.7 Å². The Labute approximate surface area is 236 Å². The molecule has 9 heteroatoms. The summed E-state index contributed by atoms with van der Waals surface area (Å²) in [7, 11) is 3.30. The SMILES string of the molecule is CN=C(N)NCCCC1NC(CNC(=O)c2ccc3ccccc3c2)CCN(CC(OC)c2ccccc2)C1=O. The van der Waals surface area contributed by atoms with E-state index in [1.807, 2.05) is 77.7 Å². The second-order valence-electron chi connectivity index (χ2n) is 10.1. The van der Waals surface area contributed by atoms with Crippen molar-refractivity contribution in [2.24, 2.45) is 10.7 Å². The third kappa shape index (κ3) is 7.80. The van der Waals surface area contributed by atoms with Crippen molar-refractivity contribution < 1.29 is 14.3 Å². The van der Waals surface area contributed by atoms with Gasteiger partial charge in [-0.2, -0.15) is 0 Å². The number of benzene rings is 3. The van der Waals surface area contributed by atoms with Crippen molar-refractivity contribution in [3.63, 3.8) is 0 Å². The molecule has 3 aromatic carbocycles. The molecular weight excluding hydrogens is 504 g/mol. The minimum atomic E-state index is -0.389. The van der Waals surface area contributed by atoms with Crippen molar-refractivity contribution in [1.29, 1.82) is 0 Å². The number of amides is 2. The summed E-state index contributed by atoms with van der Waals surface area (Å²) in [4.78, 5) is 32.5. The van der Waals surface area contributed by atoms with Crippen LogP contribution in [0, 0.1) is 0 Å². The first-order valence-electron chi connectivity index (χ1n) is 13.8. The van der Waals surface area contributed by atoms with Gasteiger partial charge in [0.15, 0.2) is 5.96 Å². The number of hydrogen-bond acceptors (Lipinski definition) is 5. The Morgan fingerprint density at radius 3 is 2.60 bits per heavy atom. The molecule has 1 saturated heterocycles. The minimum absolute atomic E-state index is 0.0402. The van der Waals surface area contributed by atoms with E-state index in [-0.39, 0.29) is 30.0 Å². The van der Waals surface area contributed by atoms with Gasteiger partial charge in [0, 0.05) is 45.4 Å². The standard InChI is InChI=1S/C31H40N6O3/c1-33-31(32)34-17-8-13-27-30(39)37(21-28(40-2)23-10-4-3-5-11-23)18-16-26(36-27)20-35-29(38)25-15-14-22-9-6-7-12-24(22)19-25/h3-7,9-12,14-15,19,26-28,36H,8,13,16-18,20-21H2,1-2H3,(H,35,38)(H3,32,33,34). The zero-order chi connectivity index (χ0) is 28.3. The van der Waals surface area contributed by atoms with Crippen LogP contribution < -0.4 is 21.7 Å². The van der Waals surface area contributed by atoms with Gasteiger partial charge in [0.2, 0.25) is 5.91 Å². The fourth-order valence-electron chi connectivity index (χ4n) is 5.06. The Bertz CT molecular complexity index is 1300. The summed E-state index contributed by atoms with van der Waals surface area (Å²) < 4.78 is 5.78. The van der Waals surface area contributed by atoms with Crippen LogP contribution in [0.2, 0.25) is 0 Å². The lowest BCUT2D eigenvalue weighted by Crippen LogP contribution is -2.49. The smallest absolute Gasteiger partial charge is 0.251 e. The van der Waals surface area contributed by atoms with Crippen molar-refractivity contribution >= 4 is 28.5 Å². The molecule has 3 unspecified atom stereocenters. The minimum Gasteiger partial charge on any atom is -0.375 e. The summed E-state index contributed by atoms with van der Waals surface area (Å²) in [6, 6.07) is 23.2. The van der Waals surface area contributed by atoms with Crippen LogP contribution in [0.1, 0.15) is 41.3 Å². The van der Waals surface area contributed by atoms with Gasteiger partial charge < -0.3 is 31.3 Å². The zero-order valence-electron chi connectivity index (χ0n) is 23.3. The number of methoxy groups -OCH3 is 1. The first-order chi connectivity index (χ1) is 19.5. The fraction of sp³-hybridized carbons (Fsp3) is 0.387. The number of ether oxygens (including phenoxy) is 1. The summed E-state index contributed by atoms with van der Waals surface area (Å²) in [6.07, 6.45) is 1.84. The molecule has 1 heterocycles. The molecule has 1 aliphatic heterocycles. The second-order valence-corrected chi connectivity index (χ2v) is 10.1. The molecule has 0 spiro atoms. The molecule has 0 aliphatic carbocycles. The molecule has 1 aliphatic rings. The topological polar surface area (TPSA) is 121 Å². The maximum absolute atomic E-state index is 13.7. The van der Waals surface area contributed by atoms with E-state index in [9.17, 15) is 9.59 Å². The Balaban J connectivity index is 1.42. The lowest BCUT2D eigenvalue weighted by Gasteiger charge is -2.28. The van der Waals surface area contributed by atoms with Gasteiger partial charge in [-0.15, -0.1) is 0 Å². The van der Waals surface area contributed by atoms with Gasteiger partial charge >= 0.3 is 0 Å². The second kappa shape index (κ2) is 14.4. The zero-order valence-corrected chi connectivity index (χ0v) is 23.3. The van der Waals surface area contributed by atoms with E-state index in [0.29, 0.717) is 50.5 Å². The highest BCUT2D eigenvalue weighted by Crippen LogP contribution is 2.21. The average molecular weight is 545 g/mol. The molecule has 3 atom stereocenters. The van der Waals surface area contributed by atoms with E-state index in [1.54, 1.807) is 14.2 Å².